The number of hydrogen-bond donors (Lipinski definition) is 1. The third-order valence-electron chi connectivity index (χ3n) is 4.63. The average Bonchev–Trinajstić information content (AvgIpc) is 3.25. The lowest BCUT2D eigenvalue weighted by Crippen LogP contribution is -2.29. The first-order chi connectivity index (χ1) is 14.3. The maximum absolute atomic E-state index is 12.5. The number of anilines is 1. The number of amides is 1. The Balaban J connectivity index is 1.45. The molecule has 1 fully saturated rings. The minimum absolute atomic E-state index is 0.00374. The van der Waals surface area contributed by atoms with E-state index in [0.717, 1.165) is 12.8 Å². The molecule has 12 heteroatoms. The molecule has 1 amide bonds. The summed E-state index contributed by atoms with van der Waals surface area (Å²) >= 11 is 2.40. The first kappa shape index (κ1) is 20.6. The maximum Gasteiger partial charge on any atom is 0.280 e. The highest BCUT2D eigenvalue weighted by atomic mass is 32.2. The van der Waals surface area contributed by atoms with Crippen LogP contribution in [0.15, 0.2) is 46.0 Å². The van der Waals surface area contributed by atoms with E-state index in [2.05, 4.69) is 10.3 Å². The number of carbonyl (C=O) groups is 1. The first-order valence-corrected chi connectivity index (χ1v) is 12.0. The number of rotatable bonds is 7. The molecule has 0 unspecified atom stereocenters. The summed E-state index contributed by atoms with van der Waals surface area (Å²) in [5.74, 6) is -0.424. The number of thiazole rings is 1. The Hall–Kier alpha value is -2.67. The van der Waals surface area contributed by atoms with Gasteiger partial charge >= 0.3 is 0 Å². The Kier molecular flexibility index (Phi) is 5.40. The van der Waals surface area contributed by atoms with Crippen molar-refractivity contribution in [2.45, 2.75) is 23.8 Å². The highest BCUT2D eigenvalue weighted by molar-refractivity contribution is 7.89. The van der Waals surface area contributed by atoms with Gasteiger partial charge in [-0.2, -0.15) is 4.31 Å². The van der Waals surface area contributed by atoms with Gasteiger partial charge in [0.1, 0.15) is 0 Å². The smallest absolute Gasteiger partial charge is 0.280 e. The summed E-state index contributed by atoms with van der Waals surface area (Å²) in [5, 5.41) is 17.0. The van der Waals surface area contributed by atoms with E-state index in [0.29, 0.717) is 21.3 Å². The van der Waals surface area contributed by atoms with Crippen LogP contribution in [-0.2, 0) is 10.0 Å². The summed E-state index contributed by atoms with van der Waals surface area (Å²) in [5.41, 5.74) is 0.834. The Morgan fingerprint density at radius 2 is 1.93 bits per heavy atom. The van der Waals surface area contributed by atoms with Gasteiger partial charge < -0.3 is 0 Å². The Bertz CT molecular complexity index is 1210. The molecule has 2 heterocycles. The second-order valence-corrected chi connectivity index (χ2v) is 10.5. The lowest BCUT2D eigenvalue weighted by atomic mass is 10.2. The first-order valence-electron chi connectivity index (χ1n) is 8.84. The fraction of sp³-hybridized carbons (Fsp3) is 0.222. The largest absolute Gasteiger partial charge is 0.298 e. The topological polar surface area (TPSA) is 123 Å². The molecule has 1 aromatic carbocycles. The zero-order chi connectivity index (χ0) is 21.5. The molecule has 0 aliphatic heterocycles. The Morgan fingerprint density at radius 1 is 1.23 bits per heavy atom. The normalized spacial score (nSPS) is 14.1. The van der Waals surface area contributed by atoms with Crippen LogP contribution in [0.25, 0.3) is 10.6 Å². The van der Waals surface area contributed by atoms with Gasteiger partial charge in [-0.1, -0.05) is 0 Å². The van der Waals surface area contributed by atoms with Crippen molar-refractivity contribution in [3.8, 4) is 10.6 Å². The second-order valence-electron chi connectivity index (χ2n) is 6.70. The van der Waals surface area contributed by atoms with Gasteiger partial charge in [0, 0.05) is 30.1 Å². The van der Waals surface area contributed by atoms with Crippen molar-refractivity contribution in [1.29, 1.82) is 0 Å². The molecule has 9 nitrogen and oxygen atoms in total. The number of aromatic nitrogens is 1. The highest BCUT2D eigenvalue weighted by Gasteiger charge is 2.35. The van der Waals surface area contributed by atoms with Crippen molar-refractivity contribution >= 4 is 49.4 Å². The van der Waals surface area contributed by atoms with Crippen molar-refractivity contribution in [2.24, 2.45) is 0 Å². The molecule has 0 radical (unpaired) electrons. The van der Waals surface area contributed by atoms with Crippen molar-refractivity contribution in [1.82, 2.24) is 9.29 Å². The lowest BCUT2D eigenvalue weighted by Gasteiger charge is -2.16. The zero-order valence-corrected chi connectivity index (χ0v) is 18.1. The highest BCUT2D eigenvalue weighted by Crippen LogP contribution is 2.33. The maximum atomic E-state index is 12.5. The van der Waals surface area contributed by atoms with Crippen LogP contribution in [0.4, 0.5) is 10.8 Å². The van der Waals surface area contributed by atoms with Crippen LogP contribution < -0.4 is 5.32 Å². The van der Waals surface area contributed by atoms with E-state index in [1.54, 1.807) is 12.4 Å². The minimum Gasteiger partial charge on any atom is -0.298 e. The number of nitrogens with zero attached hydrogens (tertiary/aromatic N) is 3. The van der Waals surface area contributed by atoms with Crippen LogP contribution >= 0.6 is 22.7 Å². The van der Waals surface area contributed by atoms with Gasteiger partial charge in [-0.15, -0.1) is 22.7 Å². The molecule has 3 aromatic rings. The second kappa shape index (κ2) is 7.87. The lowest BCUT2D eigenvalue weighted by molar-refractivity contribution is -0.384. The number of nitro groups is 1. The molecule has 1 aliphatic rings. The summed E-state index contributed by atoms with van der Waals surface area (Å²) < 4.78 is 26.5. The van der Waals surface area contributed by atoms with E-state index >= 15 is 0 Å². The predicted molar refractivity (Wildman–Crippen MR) is 114 cm³/mol. The molecule has 0 saturated heterocycles. The number of thiophene rings is 1. The van der Waals surface area contributed by atoms with Crippen LogP contribution in [0.1, 0.15) is 23.2 Å². The molecule has 156 valence electrons. The van der Waals surface area contributed by atoms with E-state index in [-0.39, 0.29) is 16.6 Å². The van der Waals surface area contributed by atoms with Crippen LogP contribution in [0.2, 0.25) is 0 Å². The van der Waals surface area contributed by atoms with Gasteiger partial charge in [0.2, 0.25) is 10.0 Å². The predicted octanol–water partition coefficient (Wildman–Crippen LogP) is 3.82. The standard InChI is InChI=1S/C18H16N4O5S3/c1-21(12-4-5-12)30(26,27)14-6-2-11(3-7-14)17(23)20-18-19-15(10-29-18)16-8-13(9-28-16)22(24)25/h2-3,6-10,12H,4-5H2,1H3,(H,19,20,23). The van der Waals surface area contributed by atoms with Crippen LogP contribution in [0.3, 0.4) is 0 Å². The molecule has 0 atom stereocenters. The molecule has 1 saturated carbocycles. The Morgan fingerprint density at radius 3 is 2.53 bits per heavy atom. The van der Waals surface area contributed by atoms with Crippen molar-refractivity contribution < 1.29 is 18.1 Å². The zero-order valence-electron chi connectivity index (χ0n) is 15.6. The Labute approximate surface area is 180 Å². The molecule has 0 spiro atoms. The molecule has 2 aromatic heterocycles. The minimum atomic E-state index is -3.56. The molecular weight excluding hydrogens is 448 g/mol. The molecule has 4 rings (SSSR count). The summed E-state index contributed by atoms with van der Waals surface area (Å²) in [6, 6.07) is 7.24. The van der Waals surface area contributed by atoms with Gasteiger partial charge in [0.15, 0.2) is 5.13 Å². The number of benzene rings is 1. The summed E-state index contributed by atoms with van der Waals surface area (Å²) in [4.78, 5) is 27.9. The number of sulfonamides is 1. The van der Waals surface area contributed by atoms with Gasteiger partial charge in [0.25, 0.3) is 11.6 Å². The molecule has 1 N–H and O–H groups in total. The van der Waals surface area contributed by atoms with Gasteiger partial charge in [-0.05, 0) is 37.1 Å². The SMILES string of the molecule is CN(C1CC1)S(=O)(=O)c1ccc(C(=O)Nc2nc(-c3cc([N+](=O)[O-])cs3)cs2)cc1. The molecular formula is C18H16N4O5S3. The van der Waals surface area contributed by atoms with E-state index in [9.17, 15) is 23.3 Å². The average molecular weight is 465 g/mol. The van der Waals surface area contributed by atoms with E-state index in [1.165, 1.54) is 62.7 Å². The third-order valence-corrected chi connectivity index (χ3v) is 8.25. The quantitative estimate of drug-likeness (QED) is 0.419. The molecule has 1 aliphatic carbocycles. The molecule has 30 heavy (non-hydrogen) atoms. The van der Waals surface area contributed by atoms with Gasteiger partial charge in [-0.3, -0.25) is 20.2 Å². The van der Waals surface area contributed by atoms with Crippen LogP contribution in [0.5, 0.6) is 0 Å². The van der Waals surface area contributed by atoms with E-state index in [1.807, 2.05) is 0 Å². The summed E-state index contributed by atoms with van der Waals surface area (Å²) in [6.45, 7) is 0. The van der Waals surface area contributed by atoms with Crippen LogP contribution in [-0.4, -0.2) is 41.6 Å². The van der Waals surface area contributed by atoms with Crippen molar-refractivity contribution in [3.05, 3.63) is 56.8 Å². The van der Waals surface area contributed by atoms with Crippen LogP contribution in [0, 0.1) is 10.1 Å². The number of carbonyl (C=O) groups excluding carboxylic acids is 1. The van der Waals surface area contributed by atoms with E-state index < -0.39 is 20.9 Å². The van der Waals surface area contributed by atoms with Gasteiger partial charge in [-0.25, -0.2) is 13.4 Å². The fourth-order valence-corrected chi connectivity index (χ4v) is 5.76. The fourth-order valence-electron chi connectivity index (χ4n) is 2.75. The summed E-state index contributed by atoms with van der Waals surface area (Å²) in [7, 11) is -2.00. The summed E-state index contributed by atoms with van der Waals surface area (Å²) in [6.07, 6.45) is 1.73. The van der Waals surface area contributed by atoms with E-state index in [4.69, 9.17) is 0 Å². The third kappa shape index (κ3) is 4.12. The number of hydrogen-bond acceptors (Lipinski definition) is 8. The van der Waals surface area contributed by atoms with Gasteiger partial charge in [0.05, 0.1) is 25.8 Å². The van der Waals surface area contributed by atoms with Crippen molar-refractivity contribution in [3.63, 3.8) is 0 Å². The monoisotopic (exact) mass is 464 g/mol. The van der Waals surface area contributed by atoms with Crippen molar-refractivity contribution in [2.75, 3.05) is 12.4 Å². The number of nitrogens with one attached hydrogen (secondary N) is 1. The molecule has 0 bridgehead atoms.